The largest absolute Gasteiger partial charge is 0.431 e. The van der Waals surface area contributed by atoms with Gasteiger partial charge in [0.1, 0.15) is 11.7 Å². The van der Waals surface area contributed by atoms with E-state index in [-0.39, 0.29) is 41.0 Å². The van der Waals surface area contributed by atoms with Gasteiger partial charge >= 0.3 is 12.8 Å². The number of hydrogen-bond donors (Lipinski definition) is 1. The van der Waals surface area contributed by atoms with Gasteiger partial charge in [0.05, 0.1) is 31.0 Å². The van der Waals surface area contributed by atoms with Gasteiger partial charge in [-0.2, -0.15) is 26.9 Å². The van der Waals surface area contributed by atoms with Crippen LogP contribution in [0.2, 0.25) is 0 Å². The van der Waals surface area contributed by atoms with Crippen molar-refractivity contribution in [1.29, 1.82) is 0 Å². The maximum Gasteiger partial charge on any atom is 0.399 e. The van der Waals surface area contributed by atoms with Gasteiger partial charge in [-0.1, -0.05) is 0 Å². The summed E-state index contributed by atoms with van der Waals surface area (Å²) in [5, 5.41) is 0. The predicted octanol–water partition coefficient (Wildman–Crippen LogP) is 3.33. The molecule has 0 aliphatic carbocycles. The number of halogens is 7. The zero-order chi connectivity index (χ0) is 25.1. The van der Waals surface area contributed by atoms with E-state index in [1.807, 2.05) is 4.90 Å². The van der Waals surface area contributed by atoms with Crippen LogP contribution in [0.3, 0.4) is 0 Å². The number of nitrogens with zero attached hydrogens (tertiary/aromatic N) is 5. The number of nitrogens with two attached hydrogens (primary N) is 1. The van der Waals surface area contributed by atoms with Crippen LogP contribution in [0.25, 0.3) is 11.3 Å². The van der Waals surface area contributed by atoms with Gasteiger partial charge < -0.3 is 25.0 Å². The zero-order valence-corrected chi connectivity index (χ0v) is 17.9. The first-order chi connectivity index (χ1) is 16.4. The Balaban J connectivity index is 1.56. The summed E-state index contributed by atoms with van der Waals surface area (Å²) in [5.41, 5.74) is 5.79. The molecule has 3 atom stereocenters. The Bertz CT molecular complexity index is 1120. The van der Waals surface area contributed by atoms with Crippen LogP contribution in [-0.4, -0.2) is 72.0 Å². The maximum absolute atomic E-state index is 14.3. The van der Waals surface area contributed by atoms with Gasteiger partial charge in [0.15, 0.2) is 11.6 Å². The van der Waals surface area contributed by atoms with Crippen LogP contribution in [0.5, 0.6) is 5.75 Å². The Labute approximate surface area is 193 Å². The molecule has 0 radical (unpaired) electrons. The molecule has 8 nitrogen and oxygen atoms in total. The molecule has 5 rings (SSSR count). The second-order valence-electron chi connectivity index (χ2n) is 8.63. The Kier molecular flexibility index (Phi) is 5.56. The van der Waals surface area contributed by atoms with Crippen LogP contribution in [0.1, 0.15) is 6.42 Å². The molecule has 3 aliphatic rings. The van der Waals surface area contributed by atoms with Crippen molar-refractivity contribution in [2.75, 3.05) is 41.8 Å². The predicted molar refractivity (Wildman–Crippen MR) is 109 cm³/mol. The van der Waals surface area contributed by atoms with E-state index in [4.69, 9.17) is 10.5 Å². The molecule has 5 heterocycles. The average Bonchev–Trinajstić information content (AvgIpc) is 3.48. The van der Waals surface area contributed by atoms with Gasteiger partial charge in [0.2, 0.25) is 5.95 Å². The Morgan fingerprint density at radius 1 is 1.17 bits per heavy atom. The Morgan fingerprint density at radius 2 is 1.94 bits per heavy atom. The molecule has 2 aromatic heterocycles. The van der Waals surface area contributed by atoms with E-state index in [1.165, 1.54) is 12.3 Å². The molecule has 3 fully saturated rings. The fourth-order valence-corrected chi connectivity index (χ4v) is 4.60. The molecular formula is C20H19F7N6O2. The maximum atomic E-state index is 14.3. The first-order valence-electron chi connectivity index (χ1n) is 10.6. The molecule has 1 unspecified atom stereocenters. The normalized spacial score (nSPS) is 25.7. The van der Waals surface area contributed by atoms with Gasteiger partial charge in [0, 0.05) is 30.9 Å². The third-order valence-corrected chi connectivity index (χ3v) is 6.28. The van der Waals surface area contributed by atoms with E-state index in [0.717, 1.165) is 11.0 Å². The minimum absolute atomic E-state index is 0.0548. The van der Waals surface area contributed by atoms with E-state index in [1.54, 1.807) is 0 Å². The molecule has 0 spiro atoms. The molecule has 2 aromatic rings. The van der Waals surface area contributed by atoms with Crippen molar-refractivity contribution in [1.82, 2.24) is 15.0 Å². The minimum Gasteiger partial charge on any atom is -0.431 e. The van der Waals surface area contributed by atoms with E-state index in [2.05, 4.69) is 19.7 Å². The van der Waals surface area contributed by atoms with E-state index in [0.29, 0.717) is 19.6 Å². The van der Waals surface area contributed by atoms with Gasteiger partial charge in [0.25, 0.3) is 5.92 Å². The number of hydrogen-bond acceptors (Lipinski definition) is 8. The number of rotatable bonds is 5. The summed E-state index contributed by atoms with van der Waals surface area (Å²) < 4.78 is 104. The van der Waals surface area contributed by atoms with Gasteiger partial charge in [-0.25, -0.2) is 18.7 Å². The number of fused-ring (bicyclic) bond motifs is 2. The second kappa shape index (κ2) is 8.24. The number of pyridine rings is 1. The minimum atomic E-state index is -5.12. The topological polar surface area (TPSA) is 89.6 Å². The molecule has 0 saturated carbocycles. The molecule has 2 N–H and O–H groups in total. The van der Waals surface area contributed by atoms with Crippen molar-refractivity contribution in [3.8, 4) is 17.0 Å². The standard InChI is InChI=1S/C20H19F7N6O2/c21-17(22)35-13-1-9(4-29-16(13)28)12-3-15(33-5-11-2-10(33)7-34-11)31-18(30-12)32-6-14(20(25,26)27)19(23,24)8-32/h1,3-4,10-11,14,17H,2,5-8H2,(H2,28,29)/t10-,11-,14?/m0/s1. The quantitative estimate of drug-likeness (QED) is 0.616. The number of morpholine rings is 1. The molecular weight excluding hydrogens is 489 g/mol. The Hall–Kier alpha value is -3.10. The average molecular weight is 508 g/mol. The molecule has 190 valence electrons. The summed E-state index contributed by atoms with van der Waals surface area (Å²) in [4.78, 5) is 14.9. The number of alkyl halides is 7. The highest BCUT2D eigenvalue weighted by atomic mass is 19.4. The summed E-state index contributed by atoms with van der Waals surface area (Å²) in [6.07, 6.45) is -3.26. The fourth-order valence-electron chi connectivity index (χ4n) is 4.60. The van der Waals surface area contributed by atoms with Crippen molar-refractivity contribution < 1.29 is 40.2 Å². The zero-order valence-electron chi connectivity index (χ0n) is 17.9. The highest BCUT2D eigenvalue weighted by molar-refractivity contribution is 5.68. The molecule has 0 amide bonds. The molecule has 3 aliphatic heterocycles. The van der Waals surface area contributed by atoms with Crippen molar-refractivity contribution in [3.05, 3.63) is 18.3 Å². The van der Waals surface area contributed by atoms with E-state index < -0.39 is 43.5 Å². The summed E-state index contributed by atoms with van der Waals surface area (Å²) in [6, 6.07) is 2.57. The molecule has 3 saturated heterocycles. The van der Waals surface area contributed by atoms with Crippen LogP contribution in [0.4, 0.5) is 48.3 Å². The lowest BCUT2D eigenvalue weighted by atomic mass is 10.1. The number of aromatic nitrogens is 3. The molecule has 2 bridgehead atoms. The third-order valence-electron chi connectivity index (χ3n) is 6.28. The van der Waals surface area contributed by atoms with Crippen molar-refractivity contribution in [2.45, 2.75) is 37.3 Å². The fraction of sp³-hybridized carbons (Fsp3) is 0.550. The van der Waals surface area contributed by atoms with Crippen LogP contribution < -0.4 is 20.3 Å². The SMILES string of the molecule is Nc1ncc(-c2cc(N3C[C@@H]4C[C@H]3CO4)nc(N3CC(C(F)(F)F)C(F)(F)C3)n2)cc1OC(F)F. The smallest absolute Gasteiger partial charge is 0.399 e. The van der Waals surface area contributed by atoms with Gasteiger partial charge in [-0.05, 0) is 12.5 Å². The second-order valence-corrected chi connectivity index (χ2v) is 8.63. The molecule has 0 aromatic carbocycles. The van der Waals surface area contributed by atoms with Crippen molar-refractivity contribution >= 4 is 17.6 Å². The van der Waals surface area contributed by atoms with Crippen molar-refractivity contribution in [2.24, 2.45) is 5.92 Å². The summed E-state index contributed by atoms with van der Waals surface area (Å²) >= 11 is 0. The third kappa shape index (κ3) is 4.48. The van der Waals surface area contributed by atoms with E-state index in [9.17, 15) is 30.7 Å². The van der Waals surface area contributed by atoms with Gasteiger partial charge in [-0.3, -0.25) is 0 Å². The number of ether oxygens (including phenoxy) is 2. The van der Waals surface area contributed by atoms with E-state index >= 15 is 0 Å². The molecule has 15 heteroatoms. The lowest BCUT2D eigenvalue weighted by molar-refractivity contribution is -0.221. The summed E-state index contributed by atoms with van der Waals surface area (Å²) in [5.74, 6) is -7.73. The number of nitrogen functional groups attached to an aromatic ring is 1. The lowest BCUT2D eigenvalue weighted by Crippen LogP contribution is -2.38. The van der Waals surface area contributed by atoms with Crippen LogP contribution in [0, 0.1) is 5.92 Å². The Morgan fingerprint density at radius 3 is 2.54 bits per heavy atom. The van der Waals surface area contributed by atoms with Crippen LogP contribution in [-0.2, 0) is 4.74 Å². The highest BCUT2D eigenvalue weighted by Gasteiger charge is 2.61. The lowest BCUT2D eigenvalue weighted by Gasteiger charge is -2.29. The summed E-state index contributed by atoms with van der Waals surface area (Å²) in [7, 11) is 0. The van der Waals surface area contributed by atoms with Crippen LogP contribution >= 0.6 is 0 Å². The van der Waals surface area contributed by atoms with Crippen LogP contribution in [0.15, 0.2) is 18.3 Å². The first kappa shape index (κ1) is 23.6. The monoisotopic (exact) mass is 508 g/mol. The van der Waals surface area contributed by atoms with Crippen molar-refractivity contribution in [3.63, 3.8) is 0 Å². The molecule has 35 heavy (non-hydrogen) atoms. The number of anilines is 3. The summed E-state index contributed by atoms with van der Waals surface area (Å²) in [6.45, 7) is -4.59. The van der Waals surface area contributed by atoms with Gasteiger partial charge in [-0.15, -0.1) is 0 Å². The highest BCUT2D eigenvalue weighted by Crippen LogP contribution is 2.45. The first-order valence-corrected chi connectivity index (χ1v) is 10.6.